The topological polar surface area (TPSA) is 12.9 Å². The molecule has 3 rings (SSSR count). The maximum atomic E-state index is 4.59. The molecule has 3 aromatic rings. The minimum absolute atomic E-state index is 1.23. The average molecular weight is 328 g/mol. The van der Waals surface area contributed by atoms with Gasteiger partial charge in [0.15, 0.2) is 0 Å². The highest BCUT2D eigenvalue weighted by Gasteiger charge is 2.24. The van der Waals surface area contributed by atoms with Gasteiger partial charge in [0.05, 0.1) is 0 Å². The van der Waals surface area contributed by atoms with Crippen molar-refractivity contribution in [3.8, 4) is 0 Å². The quantitative estimate of drug-likeness (QED) is 0.628. The Hall–Kier alpha value is -1.49. The molecule has 0 fully saturated rings. The number of hydrogen-bond donors (Lipinski definition) is 0. The van der Waals surface area contributed by atoms with Gasteiger partial charge in [0.25, 0.3) is 0 Å². The van der Waals surface area contributed by atoms with Crippen molar-refractivity contribution in [2.45, 2.75) is 13.1 Å². The van der Waals surface area contributed by atoms with Gasteiger partial charge in [0, 0.05) is 11.5 Å². The number of thiophene rings is 2. The van der Waals surface area contributed by atoms with Crippen LogP contribution in [-0.4, -0.2) is 13.1 Å². The number of rotatable bonds is 4. The van der Waals surface area contributed by atoms with Crippen LogP contribution in [0.4, 0.5) is 0 Å². The van der Waals surface area contributed by atoms with Crippen LogP contribution in [-0.2, 0) is 0 Å². The zero-order valence-electron chi connectivity index (χ0n) is 12.1. The summed E-state index contributed by atoms with van der Waals surface area (Å²) in [5.41, 5.74) is 6.45. The predicted octanol–water partition coefficient (Wildman–Crippen LogP) is 4.79. The van der Waals surface area contributed by atoms with Crippen LogP contribution in [0.3, 0.4) is 0 Å². The van der Waals surface area contributed by atoms with Crippen LogP contribution in [0, 0.1) is 0 Å². The lowest BCUT2D eigenvalue weighted by Crippen LogP contribution is -2.41. The first-order valence-corrected chi connectivity index (χ1v) is 11.8. The smallest absolute Gasteiger partial charge is 0.128 e. The zero-order chi connectivity index (χ0) is 14.7. The summed E-state index contributed by atoms with van der Waals surface area (Å²) >= 11 is 3.50. The van der Waals surface area contributed by atoms with Crippen molar-refractivity contribution in [3.05, 3.63) is 74.9 Å². The van der Waals surface area contributed by atoms with E-state index in [1.807, 2.05) is 12.3 Å². The van der Waals surface area contributed by atoms with Gasteiger partial charge in [-0.25, -0.2) is 0 Å². The summed E-state index contributed by atoms with van der Waals surface area (Å²) in [6, 6.07) is 10.6. The van der Waals surface area contributed by atoms with E-state index in [2.05, 4.69) is 69.6 Å². The van der Waals surface area contributed by atoms with Crippen molar-refractivity contribution in [2.75, 3.05) is 0 Å². The van der Waals surface area contributed by atoms with Gasteiger partial charge >= 0.3 is 0 Å². The van der Waals surface area contributed by atoms with Crippen LogP contribution in [0.25, 0.3) is 5.57 Å². The summed E-state index contributed by atoms with van der Waals surface area (Å²) in [6.07, 6.45) is 1.90. The molecule has 0 saturated heterocycles. The molecule has 0 unspecified atom stereocenters. The zero-order valence-corrected chi connectivity index (χ0v) is 14.7. The van der Waals surface area contributed by atoms with E-state index in [0.29, 0.717) is 0 Å². The van der Waals surface area contributed by atoms with Crippen LogP contribution >= 0.6 is 22.7 Å². The first-order valence-electron chi connectivity index (χ1n) is 6.86. The molecular weight excluding hydrogens is 310 g/mol. The lowest BCUT2D eigenvalue weighted by atomic mass is 10.1. The SMILES string of the molecule is C[Si](C)(C=C(c1ccsc1)c1ccsc1)c1ccccn1. The molecule has 3 heterocycles. The predicted molar refractivity (Wildman–Crippen MR) is 97.1 cm³/mol. The van der Waals surface area contributed by atoms with E-state index in [-0.39, 0.29) is 0 Å². The highest BCUT2D eigenvalue weighted by atomic mass is 32.1. The van der Waals surface area contributed by atoms with Crippen LogP contribution in [0.15, 0.2) is 63.7 Å². The molecule has 21 heavy (non-hydrogen) atoms. The maximum Gasteiger partial charge on any atom is 0.128 e. The third-order valence-corrected chi connectivity index (χ3v) is 7.49. The Morgan fingerprint density at radius 3 is 2.14 bits per heavy atom. The van der Waals surface area contributed by atoms with Gasteiger partial charge in [-0.15, -0.1) is 0 Å². The molecule has 1 nitrogen and oxygen atoms in total. The van der Waals surface area contributed by atoms with Gasteiger partial charge in [-0.05, 0) is 62.5 Å². The summed E-state index contributed by atoms with van der Waals surface area (Å²) in [5, 5.41) is 9.97. The number of pyridine rings is 1. The van der Waals surface area contributed by atoms with Crippen molar-refractivity contribution in [3.63, 3.8) is 0 Å². The second kappa shape index (κ2) is 6.09. The summed E-state index contributed by atoms with van der Waals surface area (Å²) in [5.74, 6) is 0. The van der Waals surface area contributed by atoms with E-state index in [1.165, 1.54) is 22.0 Å². The fraction of sp³-hybridized carbons (Fsp3) is 0.118. The monoisotopic (exact) mass is 327 g/mol. The van der Waals surface area contributed by atoms with Gasteiger partial charge in [-0.1, -0.05) is 24.9 Å². The maximum absolute atomic E-state index is 4.59. The van der Waals surface area contributed by atoms with Crippen LogP contribution in [0.2, 0.25) is 13.1 Å². The molecule has 4 heteroatoms. The second-order valence-corrected chi connectivity index (χ2v) is 11.3. The minimum Gasteiger partial charge on any atom is -0.266 e. The Morgan fingerprint density at radius 2 is 1.67 bits per heavy atom. The summed E-state index contributed by atoms with van der Waals surface area (Å²) < 4.78 is 0. The molecule has 0 radical (unpaired) electrons. The van der Waals surface area contributed by atoms with Crippen molar-refractivity contribution >= 4 is 41.6 Å². The summed E-state index contributed by atoms with van der Waals surface area (Å²) in [4.78, 5) is 4.59. The minimum atomic E-state index is -1.72. The van der Waals surface area contributed by atoms with Crippen molar-refractivity contribution < 1.29 is 0 Å². The van der Waals surface area contributed by atoms with Gasteiger partial charge in [-0.3, -0.25) is 4.98 Å². The molecular formula is C17H17NS2Si. The Kier molecular flexibility index (Phi) is 4.19. The van der Waals surface area contributed by atoms with Crippen molar-refractivity contribution in [1.82, 2.24) is 4.98 Å². The molecule has 0 aromatic carbocycles. The van der Waals surface area contributed by atoms with E-state index in [0.717, 1.165) is 0 Å². The third-order valence-electron chi connectivity index (χ3n) is 3.49. The Labute approximate surface area is 134 Å². The molecule has 0 N–H and O–H groups in total. The molecule has 0 spiro atoms. The molecule has 0 aliphatic rings. The molecule has 0 bridgehead atoms. The summed E-state index contributed by atoms with van der Waals surface area (Å²) in [6.45, 7) is 4.71. The molecule has 106 valence electrons. The van der Waals surface area contributed by atoms with Crippen molar-refractivity contribution in [2.24, 2.45) is 0 Å². The highest BCUT2D eigenvalue weighted by Crippen LogP contribution is 2.28. The van der Waals surface area contributed by atoms with Gasteiger partial charge in [-0.2, -0.15) is 22.7 Å². The van der Waals surface area contributed by atoms with E-state index < -0.39 is 8.07 Å². The lowest BCUT2D eigenvalue weighted by Gasteiger charge is -2.19. The molecule has 3 aromatic heterocycles. The molecule has 0 aliphatic heterocycles. The standard InChI is InChI=1S/C17H17NS2Si/c1-21(2,17-5-3-4-8-18-17)13-16(14-6-9-19-11-14)15-7-10-20-12-15/h3-13H,1-2H3. The molecule has 0 amide bonds. The Morgan fingerprint density at radius 1 is 1.00 bits per heavy atom. The van der Waals surface area contributed by atoms with Gasteiger partial charge < -0.3 is 0 Å². The molecule has 0 saturated carbocycles. The van der Waals surface area contributed by atoms with Crippen LogP contribution < -0.4 is 5.32 Å². The Bertz CT molecular complexity index is 677. The molecule has 0 atom stereocenters. The number of aromatic nitrogens is 1. The largest absolute Gasteiger partial charge is 0.266 e. The number of nitrogens with zero attached hydrogens (tertiary/aromatic N) is 1. The van der Waals surface area contributed by atoms with Crippen LogP contribution in [0.1, 0.15) is 11.1 Å². The van der Waals surface area contributed by atoms with E-state index in [9.17, 15) is 0 Å². The summed E-state index contributed by atoms with van der Waals surface area (Å²) in [7, 11) is -1.72. The van der Waals surface area contributed by atoms with Gasteiger partial charge in [0.2, 0.25) is 0 Å². The fourth-order valence-corrected chi connectivity index (χ4v) is 5.80. The van der Waals surface area contributed by atoms with E-state index in [4.69, 9.17) is 0 Å². The fourth-order valence-electron chi connectivity index (χ4n) is 2.35. The number of hydrogen-bond acceptors (Lipinski definition) is 3. The first kappa shape index (κ1) is 14.4. The van der Waals surface area contributed by atoms with Gasteiger partial charge in [0.1, 0.15) is 8.07 Å². The first-order chi connectivity index (χ1) is 10.2. The van der Waals surface area contributed by atoms with E-state index >= 15 is 0 Å². The van der Waals surface area contributed by atoms with Crippen molar-refractivity contribution in [1.29, 1.82) is 0 Å². The molecule has 0 aliphatic carbocycles. The third kappa shape index (κ3) is 3.23. The van der Waals surface area contributed by atoms with E-state index in [1.54, 1.807) is 22.7 Å². The average Bonchev–Trinajstić information content (AvgIpc) is 3.19. The van der Waals surface area contributed by atoms with Crippen LogP contribution in [0.5, 0.6) is 0 Å². The highest BCUT2D eigenvalue weighted by molar-refractivity contribution is 7.08. The Balaban J connectivity index is 2.08. The second-order valence-electron chi connectivity index (χ2n) is 5.52. The normalized spacial score (nSPS) is 11.3. The lowest BCUT2D eigenvalue weighted by molar-refractivity contribution is 1.37.